The van der Waals surface area contributed by atoms with Crippen LogP contribution in [-0.4, -0.2) is 75.0 Å². The zero-order valence-electron chi connectivity index (χ0n) is 52.9. The molecule has 0 heterocycles. The maximum Gasteiger partial charge on any atom is 0.330 e. The topological polar surface area (TPSA) is 203 Å². The van der Waals surface area contributed by atoms with E-state index in [4.69, 9.17) is 42.6 Å². The van der Waals surface area contributed by atoms with Crippen molar-refractivity contribution in [1.82, 2.24) is 0 Å². The summed E-state index contributed by atoms with van der Waals surface area (Å²) in [4.78, 5) is 88.8. The molecule has 1 aliphatic carbocycles. The molecule has 0 amide bonds. The first-order valence-corrected chi connectivity index (χ1v) is 31.5. The molecule has 0 unspecified atom stereocenters. The van der Waals surface area contributed by atoms with Crippen molar-refractivity contribution in [3.8, 4) is 23.0 Å². The lowest BCUT2D eigenvalue weighted by Gasteiger charge is -2.25. The van der Waals surface area contributed by atoms with E-state index >= 15 is 0 Å². The molecule has 16 heteroatoms. The van der Waals surface area contributed by atoms with Gasteiger partial charge in [0, 0.05) is 31.8 Å². The number of benzene rings is 4. The summed E-state index contributed by atoms with van der Waals surface area (Å²) >= 11 is 0. The van der Waals surface area contributed by atoms with Gasteiger partial charge in [-0.1, -0.05) is 111 Å². The predicted molar refractivity (Wildman–Crippen MR) is 332 cm³/mol. The van der Waals surface area contributed by atoms with Crippen molar-refractivity contribution >= 4 is 41.4 Å². The van der Waals surface area contributed by atoms with Gasteiger partial charge in [0.1, 0.15) is 80.3 Å². The lowest BCUT2D eigenvalue weighted by atomic mass is 9.88. The van der Waals surface area contributed by atoms with Crippen LogP contribution in [-0.2, 0) is 109 Å². The van der Waals surface area contributed by atoms with E-state index in [1.165, 1.54) is 21.0 Å². The fourth-order valence-electron chi connectivity index (χ4n) is 10.5. The highest BCUT2D eigenvalue weighted by Gasteiger charge is 2.26. The number of rotatable bonds is 39. The maximum atomic E-state index is 13.2. The number of carbonyl (C=O) groups excluding carboxylic acids is 7. The molecular weight excluding hydrogens is 1110 g/mol. The van der Waals surface area contributed by atoms with Crippen molar-refractivity contribution in [2.45, 2.75) is 216 Å². The molecule has 0 saturated heterocycles. The molecule has 4 aromatic carbocycles. The summed E-state index contributed by atoms with van der Waals surface area (Å²) in [5.41, 5.74) is 8.50. The van der Waals surface area contributed by atoms with Gasteiger partial charge >= 0.3 is 29.8 Å². The highest BCUT2D eigenvalue weighted by molar-refractivity contribution is 5.94. The fraction of sp³-hybridized carbons (Fsp3) is 0.535. The van der Waals surface area contributed by atoms with Gasteiger partial charge in [-0.3, -0.25) is 28.8 Å². The molecule has 0 saturated carbocycles. The lowest BCUT2D eigenvalue weighted by molar-refractivity contribution is -0.154. The van der Waals surface area contributed by atoms with Gasteiger partial charge in [-0.25, -0.2) is 4.79 Å². The quantitative estimate of drug-likeness (QED) is 0.0118. The smallest absolute Gasteiger partial charge is 0.330 e. The molecule has 0 radical (unpaired) electrons. The minimum atomic E-state index is -0.763. The van der Waals surface area contributed by atoms with Crippen LogP contribution in [0, 0.1) is 0 Å². The molecule has 0 aromatic heterocycles. The number of esters is 5. The number of Topliss-reactive ketones (excluding diaryl/α,β-unsaturated/α-hetero) is 2. The Morgan fingerprint density at radius 2 is 0.621 bits per heavy atom. The molecule has 1 aliphatic rings. The Balaban J connectivity index is 1.97. The molecule has 474 valence electrons. The van der Waals surface area contributed by atoms with Gasteiger partial charge in [0.05, 0.1) is 33.5 Å². The van der Waals surface area contributed by atoms with Crippen LogP contribution in [0.15, 0.2) is 61.2 Å². The monoisotopic (exact) mass is 1200 g/mol. The van der Waals surface area contributed by atoms with Crippen molar-refractivity contribution in [2.24, 2.45) is 0 Å². The van der Waals surface area contributed by atoms with E-state index in [0.717, 1.165) is 153 Å². The summed E-state index contributed by atoms with van der Waals surface area (Å²) in [5.74, 6) is -1.65. The number of fused-ring (bicyclic) bond motifs is 8. The number of hydrogen-bond acceptors (Lipinski definition) is 16. The van der Waals surface area contributed by atoms with Gasteiger partial charge in [-0.2, -0.15) is 0 Å². The number of methoxy groups -OCH3 is 1. The van der Waals surface area contributed by atoms with E-state index in [1.807, 2.05) is 48.5 Å². The third-order valence-electron chi connectivity index (χ3n) is 14.8. The molecule has 0 fully saturated rings. The van der Waals surface area contributed by atoms with E-state index in [9.17, 15) is 33.6 Å². The summed E-state index contributed by atoms with van der Waals surface area (Å²) in [6.45, 7) is 15.9. The lowest BCUT2D eigenvalue weighted by Crippen LogP contribution is -2.14. The fourth-order valence-corrected chi connectivity index (χ4v) is 10.5. The van der Waals surface area contributed by atoms with Crippen LogP contribution >= 0.6 is 0 Å². The van der Waals surface area contributed by atoms with Crippen molar-refractivity contribution in [1.29, 1.82) is 0 Å². The van der Waals surface area contributed by atoms with Crippen LogP contribution in [0.4, 0.5) is 0 Å². The first kappa shape index (κ1) is 70.3. The Morgan fingerprint density at radius 3 is 0.851 bits per heavy atom. The number of carbonyl (C=O) groups is 7. The molecule has 87 heavy (non-hydrogen) atoms. The summed E-state index contributed by atoms with van der Waals surface area (Å²) in [5, 5.41) is 0. The summed E-state index contributed by atoms with van der Waals surface area (Å²) in [6.07, 6.45) is 15.7. The van der Waals surface area contributed by atoms with Crippen LogP contribution in [0.3, 0.4) is 0 Å². The minimum absolute atomic E-state index is 0.0930. The number of hydrogen-bond donors (Lipinski definition) is 0. The molecule has 0 N–H and O–H groups in total. The number of unbranched alkanes of at least 4 members (excludes halogenated alkanes) is 12. The van der Waals surface area contributed by atoms with E-state index in [2.05, 4.69) is 34.3 Å². The molecule has 4 aromatic rings. The second-order valence-corrected chi connectivity index (χ2v) is 22.6. The predicted octanol–water partition coefficient (Wildman–Crippen LogP) is 14.1. The molecular formula is C71H94O16. The third kappa shape index (κ3) is 24.7. The van der Waals surface area contributed by atoms with Gasteiger partial charge in [0.15, 0.2) is 0 Å². The minimum Gasteiger partial charge on any atom is -0.493 e. The first-order chi connectivity index (χ1) is 42.1. The van der Waals surface area contributed by atoms with Crippen molar-refractivity contribution in [3.63, 3.8) is 0 Å². The highest BCUT2D eigenvalue weighted by atomic mass is 16.6. The van der Waals surface area contributed by atoms with E-state index in [0.29, 0.717) is 71.7 Å². The number of ether oxygens (including phenoxy) is 9. The molecule has 5 rings (SSSR count). The average Bonchev–Trinajstić information content (AvgIpc) is 0.991. The van der Waals surface area contributed by atoms with E-state index in [1.54, 1.807) is 0 Å². The van der Waals surface area contributed by atoms with E-state index < -0.39 is 42.7 Å². The average molecular weight is 1200 g/mol. The molecule has 0 spiro atoms. The molecule has 0 atom stereocenters. The zero-order chi connectivity index (χ0) is 62.9. The Labute approximate surface area is 515 Å². The maximum absolute atomic E-state index is 13.2. The van der Waals surface area contributed by atoms with Crippen LogP contribution in [0.1, 0.15) is 230 Å². The van der Waals surface area contributed by atoms with Crippen molar-refractivity contribution < 1.29 is 76.2 Å². The SMILES string of the molecule is C=CC(=O)OCc1cc2c(OCCCCCC)c(c1)Cc1cc(COC(=O)CC(=O)OC)cc(c1OCCCCCC)Cc1cc(COC(=O)CC(C)=O)cc(c1OCCCCCC)Cc1cc(COC(=O)CC(C)=O)cc(c1OCCCCCC)C2. The van der Waals surface area contributed by atoms with Crippen LogP contribution < -0.4 is 18.9 Å². The second-order valence-electron chi connectivity index (χ2n) is 22.6. The van der Waals surface area contributed by atoms with Gasteiger partial charge in [-0.05, 0) is 155 Å². The van der Waals surface area contributed by atoms with Crippen molar-refractivity contribution in [2.75, 3.05) is 33.5 Å². The summed E-state index contributed by atoms with van der Waals surface area (Å²) < 4.78 is 56.1. The standard InChI is InChI=1S/C71H94O16/c1-9-14-18-22-26-80-68-55-32-51(45-84-63(74)13-5)33-56(68)41-61-38-54(48-87-67(78)44-64(75)79-8)39-62(71(61)83-29-25-21-17-12-4)43-60-37-53(47-86-66(77)31-50(7)73)36-59(70(60)82-28-24-20-16-11-3)42-58-35-52(46-85-65(76)30-49(6)72)34-57(40-55)69(58)81-27-23-19-15-10-2/h13,32-39H,5,9-12,14-31,40-48H2,1-4,6-8H3. The van der Waals surface area contributed by atoms with Gasteiger partial charge in [0.25, 0.3) is 0 Å². The van der Waals surface area contributed by atoms with Crippen molar-refractivity contribution in [3.05, 3.63) is 128 Å². The Hall–Kier alpha value is -7.49. The molecule has 16 nitrogen and oxygen atoms in total. The zero-order valence-corrected chi connectivity index (χ0v) is 52.9. The third-order valence-corrected chi connectivity index (χ3v) is 14.8. The van der Waals surface area contributed by atoms with E-state index in [-0.39, 0.29) is 70.1 Å². The summed E-state index contributed by atoms with van der Waals surface area (Å²) in [7, 11) is 1.21. The van der Waals surface area contributed by atoms with Gasteiger partial charge in [-0.15, -0.1) is 0 Å². The number of ketones is 2. The summed E-state index contributed by atoms with van der Waals surface area (Å²) in [6, 6.07) is 15.7. The molecule has 8 bridgehead atoms. The second kappa shape index (κ2) is 38.6. The first-order valence-electron chi connectivity index (χ1n) is 31.5. The Bertz CT molecular complexity index is 2940. The largest absolute Gasteiger partial charge is 0.493 e. The van der Waals surface area contributed by atoms with Crippen LogP contribution in [0.5, 0.6) is 23.0 Å². The molecule has 0 aliphatic heterocycles. The Morgan fingerprint density at radius 1 is 0.368 bits per heavy atom. The van der Waals surface area contributed by atoms with Crippen LogP contribution in [0.2, 0.25) is 0 Å². The Kier molecular flexibility index (Phi) is 31.2. The van der Waals surface area contributed by atoms with Gasteiger partial charge in [0.2, 0.25) is 0 Å². The van der Waals surface area contributed by atoms with Gasteiger partial charge < -0.3 is 42.6 Å². The normalized spacial score (nSPS) is 11.7. The highest BCUT2D eigenvalue weighted by Crippen LogP contribution is 2.42. The van der Waals surface area contributed by atoms with Crippen LogP contribution in [0.25, 0.3) is 0 Å².